The van der Waals surface area contributed by atoms with E-state index in [9.17, 15) is 14.9 Å². The lowest BCUT2D eigenvalue weighted by molar-refractivity contribution is -0.384. The van der Waals surface area contributed by atoms with Crippen molar-refractivity contribution in [2.24, 2.45) is 0 Å². The molecular formula is C21H14N2O4S2. The molecule has 6 nitrogen and oxygen atoms in total. The Kier molecular flexibility index (Phi) is 5.04. The van der Waals surface area contributed by atoms with Crippen LogP contribution in [0, 0.1) is 17.0 Å². The van der Waals surface area contributed by atoms with Gasteiger partial charge in [0.15, 0.2) is 4.32 Å². The summed E-state index contributed by atoms with van der Waals surface area (Å²) in [7, 11) is 0. The van der Waals surface area contributed by atoms with Crippen molar-refractivity contribution >= 4 is 51.7 Å². The second kappa shape index (κ2) is 7.65. The van der Waals surface area contributed by atoms with Crippen molar-refractivity contribution in [3.8, 4) is 11.3 Å². The Morgan fingerprint density at radius 2 is 1.83 bits per heavy atom. The number of aryl methyl sites for hydroxylation is 1. The predicted molar refractivity (Wildman–Crippen MR) is 118 cm³/mol. The van der Waals surface area contributed by atoms with Crippen molar-refractivity contribution in [2.45, 2.75) is 6.92 Å². The van der Waals surface area contributed by atoms with E-state index in [0.717, 1.165) is 5.56 Å². The van der Waals surface area contributed by atoms with E-state index in [0.29, 0.717) is 32.0 Å². The first-order valence-corrected chi connectivity index (χ1v) is 9.85. The number of thioether (sulfide) groups is 1. The first-order chi connectivity index (χ1) is 13.9. The Balaban J connectivity index is 1.63. The average molecular weight is 422 g/mol. The first kappa shape index (κ1) is 19.1. The Morgan fingerprint density at radius 1 is 1.10 bits per heavy atom. The van der Waals surface area contributed by atoms with Crippen LogP contribution in [0.25, 0.3) is 17.4 Å². The molecule has 3 aromatic rings. The molecule has 0 aliphatic carbocycles. The van der Waals surface area contributed by atoms with Gasteiger partial charge in [0.25, 0.3) is 11.6 Å². The Bertz CT molecular complexity index is 1170. The van der Waals surface area contributed by atoms with Crippen molar-refractivity contribution in [1.29, 1.82) is 0 Å². The maximum absolute atomic E-state index is 12.8. The Morgan fingerprint density at radius 3 is 2.55 bits per heavy atom. The summed E-state index contributed by atoms with van der Waals surface area (Å²) < 4.78 is 6.19. The van der Waals surface area contributed by atoms with Gasteiger partial charge in [-0.3, -0.25) is 19.8 Å². The molecule has 0 bridgehead atoms. The molecule has 8 heteroatoms. The summed E-state index contributed by atoms with van der Waals surface area (Å²) in [6, 6.07) is 17.2. The molecule has 0 unspecified atom stereocenters. The number of nitro groups is 1. The number of nitro benzene ring substituents is 1. The zero-order valence-electron chi connectivity index (χ0n) is 15.2. The third kappa shape index (κ3) is 3.72. The molecule has 0 spiro atoms. The van der Waals surface area contributed by atoms with E-state index >= 15 is 0 Å². The zero-order chi connectivity index (χ0) is 20.5. The molecule has 144 valence electrons. The molecule has 0 saturated carbocycles. The lowest BCUT2D eigenvalue weighted by Crippen LogP contribution is -2.27. The van der Waals surface area contributed by atoms with Gasteiger partial charge in [0.2, 0.25) is 0 Å². The summed E-state index contributed by atoms with van der Waals surface area (Å²) in [6.45, 7) is 1.97. The van der Waals surface area contributed by atoms with Crippen LogP contribution in [0.3, 0.4) is 0 Å². The van der Waals surface area contributed by atoms with E-state index < -0.39 is 4.92 Å². The number of hydrogen-bond donors (Lipinski definition) is 0. The fourth-order valence-electron chi connectivity index (χ4n) is 2.93. The number of para-hydroxylation sites is 1. The van der Waals surface area contributed by atoms with Crippen LogP contribution in [0.5, 0.6) is 0 Å². The number of nitrogens with zero attached hydrogens (tertiary/aromatic N) is 2. The number of benzene rings is 2. The van der Waals surface area contributed by atoms with E-state index in [1.807, 2.05) is 31.2 Å². The number of hydrogen-bond acceptors (Lipinski definition) is 6. The van der Waals surface area contributed by atoms with Crippen molar-refractivity contribution in [1.82, 2.24) is 0 Å². The minimum absolute atomic E-state index is 0.0425. The van der Waals surface area contributed by atoms with Crippen molar-refractivity contribution in [3.63, 3.8) is 0 Å². The highest BCUT2D eigenvalue weighted by Crippen LogP contribution is 2.37. The summed E-state index contributed by atoms with van der Waals surface area (Å²) in [5, 5.41) is 11.2. The maximum atomic E-state index is 12.8. The predicted octanol–water partition coefficient (Wildman–Crippen LogP) is 5.57. The van der Waals surface area contributed by atoms with Crippen LogP contribution in [-0.2, 0) is 4.79 Å². The normalized spacial score (nSPS) is 15.3. The summed E-state index contributed by atoms with van der Waals surface area (Å²) in [6.07, 6.45) is 1.60. The molecule has 1 aliphatic rings. The minimum Gasteiger partial charge on any atom is -0.456 e. The fourth-order valence-corrected chi connectivity index (χ4v) is 4.21. The van der Waals surface area contributed by atoms with Crippen molar-refractivity contribution < 1.29 is 14.1 Å². The van der Waals surface area contributed by atoms with Gasteiger partial charge in [-0.25, -0.2) is 0 Å². The molecule has 0 N–H and O–H groups in total. The molecule has 1 aromatic heterocycles. The number of anilines is 1. The third-order valence-corrected chi connectivity index (χ3v) is 5.65. The van der Waals surface area contributed by atoms with Gasteiger partial charge in [-0.1, -0.05) is 53.8 Å². The van der Waals surface area contributed by atoms with Gasteiger partial charge in [0.05, 0.1) is 21.1 Å². The minimum atomic E-state index is -0.454. The molecule has 0 radical (unpaired) electrons. The molecular weight excluding hydrogens is 408 g/mol. The maximum Gasteiger partial charge on any atom is 0.280 e. The smallest absolute Gasteiger partial charge is 0.280 e. The third-order valence-electron chi connectivity index (χ3n) is 4.35. The van der Waals surface area contributed by atoms with Crippen molar-refractivity contribution in [3.05, 3.63) is 87.0 Å². The number of rotatable bonds is 4. The number of thiocarbonyl (C=S) groups is 1. The summed E-state index contributed by atoms with van der Waals surface area (Å²) in [4.78, 5) is 25.5. The van der Waals surface area contributed by atoms with Gasteiger partial charge in [-0.2, -0.15) is 0 Å². The van der Waals surface area contributed by atoms with Gasteiger partial charge in [-0.05, 0) is 37.3 Å². The van der Waals surface area contributed by atoms with Crippen LogP contribution in [0.4, 0.5) is 11.4 Å². The SMILES string of the molecule is Cc1ccc(N2C(=O)C(=Cc3ccc(-c4ccccc4[N+](=O)[O-])o3)SC2=S)cc1. The number of furan rings is 1. The molecule has 2 heterocycles. The molecule has 2 aromatic carbocycles. The van der Waals surface area contributed by atoms with Gasteiger partial charge in [0, 0.05) is 12.1 Å². The molecule has 29 heavy (non-hydrogen) atoms. The van der Waals surface area contributed by atoms with Crippen LogP contribution in [0.15, 0.2) is 70.0 Å². The number of amides is 1. The highest BCUT2D eigenvalue weighted by atomic mass is 32.2. The van der Waals surface area contributed by atoms with E-state index in [1.165, 1.54) is 22.7 Å². The second-order valence-corrected chi connectivity index (χ2v) is 8.00. The largest absolute Gasteiger partial charge is 0.456 e. The Hall–Kier alpha value is -3.23. The standard InChI is InChI=1S/C21H14N2O4S2/c1-13-6-8-14(9-7-13)22-20(24)19(29-21(22)28)12-15-10-11-18(27-15)16-4-2-3-5-17(16)23(25)26/h2-12H,1H3. The van der Waals surface area contributed by atoms with Crippen LogP contribution in [0.1, 0.15) is 11.3 Å². The molecule has 4 rings (SSSR count). The van der Waals surface area contributed by atoms with Crippen LogP contribution in [-0.4, -0.2) is 15.2 Å². The second-order valence-electron chi connectivity index (χ2n) is 6.33. The lowest BCUT2D eigenvalue weighted by Gasteiger charge is -2.14. The molecule has 0 atom stereocenters. The summed E-state index contributed by atoms with van der Waals surface area (Å²) in [5.41, 5.74) is 2.14. The summed E-state index contributed by atoms with van der Waals surface area (Å²) in [5.74, 6) is 0.549. The molecule has 1 aliphatic heterocycles. The van der Waals surface area contributed by atoms with Crippen molar-refractivity contribution in [2.75, 3.05) is 4.90 Å². The van der Waals surface area contributed by atoms with Crippen LogP contribution >= 0.6 is 24.0 Å². The van der Waals surface area contributed by atoms with E-state index in [4.69, 9.17) is 16.6 Å². The van der Waals surface area contributed by atoms with E-state index in [-0.39, 0.29) is 11.6 Å². The topological polar surface area (TPSA) is 76.6 Å². The summed E-state index contributed by atoms with van der Waals surface area (Å²) >= 11 is 6.56. The monoisotopic (exact) mass is 422 g/mol. The first-order valence-electron chi connectivity index (χ1n) is 8.62. The van der Waals surface area contributed by atoms with Gasteiger partial charge in [-0.15, -0.1) is 0 Å². The van der Waals surface area contributed by atoms with Crippen LogP contribution < -0.4 is 4.90 Å². The van der Waals surface area contributed by atoms with E-state index in [2.05, 4.69) is 0 Å². The Labute approximate surface area is 176 Å². The zero-order valence-corrected chi connectivity index (χ0v) is 16.8. The quantitative estimate of drug-likeness (QED) is 0.237. The fraction of sp³-hybridized carbons (Fsp3) is 0.0476. The van der Waals surface area contributed by atoms with Crippen LogP contribution in [0.2, 0.25) is 0 Å². The van der Waals surface area contributed by atoms with Gasteiger partial charge < -0.3 is 4.42 Å². The molecule has 1 amide bonds. The number of carbonyl (C=O) groups is 1. The molecule has 1 saturated heterocycles. The molecule has 1 fully saturated rings. The number of carbonyl (C=O) groups excluding carboxylic acids is 1. The van der Waals surface area contributed by atoms with E-state index in [1.54, 1.807) is 36.4 Å². The highest BCUT2D eigenvalue weighted by molar-refractivity contribution is 8.27. The van der Waals surface area contributed by atoms with Gasteiger partial charge in [0.1, 0.15) is 11.5 Å². The highest BCUT2D eigenvalue weighted by Gasteiger charge is 2.33. The van der Waals surface area contributed by atoms with Gasteiger partial charge >= 0.3 is 0 Å². The lowest BCUT2D eigenvalue weighted by atomic mass is 10.1. The average Bonchev–Trinajstić information content (AvgIpc) is 3.27.